The summed E-state index contributed by atoms with van der Waals surface area (Å²) < 4.78 is 0.999. The van der Waals surface area contributed by atoms with E-state index in [0.29, 0.717) is 18.4 Å². The van der Waals surface area contributed by atoms with Crippen molar-refractivity contribution < 1.29 is 9.90 Å². The van der Waals surface area contributed by atoms with Crippen LogP contribution in [0, 0.1) is 0 Å². The summed E-state index contributed by atoms with van der Waals surface area (Å²) in [6.07, 6.45) is 1.76. The summed E-state index contributed by atoms with van der Waals surface area (Å²) in [6.45, 7) is 2.04. The molecule has 0 radical (unpaired) electrons. The fraction of sp³-hybridized carbons (Fsp3) is 0.308. The van der Waals surface area contributed by atoms with Crippen molar-refractivity contribution in [3.63, 3.8) is 0 Å². The number of rotatable bonds is 2. The first kappa shape index (κ1) is 11.4. The number of carbonyl (C=O) groups excluding carboxylic acids is 1. The first-order valence-corrected chi connectivity index (χ1v) is 6.17. The summed E-state index contributed by atoms with van der Waals surface area (Å²) in [4.78, 5) is 11.7. The van der Waals surface area contributed by atoms with Gasteiger partial charge in [0.1, 0.15) is 5.76 Å². The number of aliphatic hydroxyl groups is 1. The third-order valence-electron chi connectivity index (χ3n) is 2.87. The summed E-state index contributed by atoms with van der Waals surface area (Å²) in [6, 6.07) is 5.80. The number of benzene rings is 1. The van der Waals surface area contributed by atoms with Gasteiger partial charge >= 0.3 is 0 Å². The minimum Gasteiger partial charge on any atom is -0.512 e. The van der Waals surface area contributed by atoms with Gasteiger partial charge < -0.3 is 5.11 Å². The molecule has 0 amide bonds. The maximum absolute atomic E-state index is 11.7. The fourth-order valence-corrected chi connectivity index (χ4v) is 2.46. The Balaban J connectivity index is 2.56. The van der Waals surface area contributed by atoms with Gasteiger partial charge in [0.15, 0.2) is 5.78 Å². The summed E-state index contributed by atoms with van der Waals surface area (Å²) in [5.74, 6) is 0.288. The molecule has 0 atom stereocenters. The Kier molecular flexibility index (Phi) is 3.15. The molecule has 2 nitrogen and oxygen atoms in total. The zero-order valence-electron chi connectivity index (χ0n) is 9.09. The second-order valence-corrected chi connectivity index (χ2v) is 4.82. The van der Waals surface area contributed by atoms with E-state index in [1.54, 1.807) is 0 Å². The van der Waals surface area contributed by atoms with Gasteiger partial charge in [0.2, 0.25) is 0 Å². The molecule has 0 aromatic heterocycles. The van der Waals surface area contributed by atoms with E-state index in [2.05, 4.69) is 15.9 Å². The number of carbonyl (C=O) groups is 1. The number of Topliss-reactive ketones (excluding diaryl/α,β-unsaturated/α-hetero) is 1. The van der Waals surface area contributed by atoms with Crippen molar-refractivity contribution in [3.8, 4) is 0 Å². The lowest BCUT2D eigenvalue weighted by molar-refractivity contribution is -0.113. The minimum absolute atomic E-state index is 0.0505. The van der Waals surface area contributed by atoms with Crippen molar-refractivity contribution in [3.05, 3.63) is 39.6 Å². The zero-order chi connectivity index (χ0) is 11.7. The Morgan fingerprint density at radius 1 is 1.38 bits per heavy atom. The average molecular weight is 281 g/mol. The fourth-order valence-electron chi connectivity index (χ4n) is 2.05. The molecule has 0 fully saturated rings. The van der Waals surface area contributed by atoms with Crippen LogP contribution in [-0.2, 0) is 11.2 Å². The van der Waals surface area contributed by atoms with E-state index in [9.17, 15) is 9.90 Å². The molecule has 16 heavy (non-hydrogen) atoms. The third kappa shape index (κ3) is 1.92. The van der Waals surface area contributed by atoms with Crippen LogP contribution in [0.5, 0.6) is 0 Å². The average Bonchev–Trinajstić information content (AvgIpc) is 2.59. The Morgan fingerprint density at radius 3 is 2.69 bits per heavy atom. The minimum atomic E-state index is 0.0505. The van der Waals surface area contributed by atoms with Crippen molar-refractivity contribution in [2.24, 2.45) is 0 Å². The van der Waals surface area contributed by atoms with E-state index >= 15 is 0 Å². The lowest BCUT2D eigenvalue weighted by Crippen LogP contribution is -2.00. The third-order valence-corrected chi connectivity index (χ3v) is 3.37. The van der Waals surface area contributed by atoms with Crippen molar-refractivity contribution in [2.45, 2.75) is 26.2 Å². The molecule has 0 unspecified atom stereocenters. The van der Waals surface area contributed by atoms with Gasteiger partial charge in [-0.15, -0.1) is 0 Å². The van der Waals surface area contributed by atoms with Crippen LogP contribution >= 0.6 is 15.9 Å². The molecule has 0 aliphatic heterocycles. The van der Waals surface area contributed by atoms with Gasteiger partial charge in [-0.25, -0.2) is 0 Å². The quantitative estimate of drug-likeness (QED) is 0.898. The maximum Gasteiger partial charge on any atom is 0.167 e. The largest absolute Gasteiger partial charge is 0.512 e. The van der Waals surface area contributed by atoms with Gasteiger partial charge in [0.05, 0.1) is 5.57 Å². The number of halogens is 1. The molecule has 0 saturated heterocycles. The Bertz CT molecular complexity index is 475. The molecular weight excluding hydrogens is 268 g/mol. The molecule has 1 aromatic rings. The topological polar surface area (TPSA) is 37.3 Å². The van der Waals surface area contributed by atoms with Crippen LogP contribution in [0.4, 0.5) is 0 Å². The molecule has 1 N–H and O–H groups in total. The van der Waals surface area contributed by atoms with Gasteiger partial charge in [0, 0.05) is 17.3 Å². The number of ketones is 1. The van der Waals surface area contributed by atoms with Crippen molar-refractivity contribution in [1.29, 1.82) is 0 Å². The summed E-state index contributed by atoms with van der Waals surface area (Å²) in [7, 11) is 0. The molecule has 0 spiro atoms. The van der Waals surface area contributed by atoms with Gasteiger partial charge in [-0.05, 0) is 29.7 Å². The SMILES string of the molecule is CCc1cc(Br)ccc1C1=C(O)CCC1=O. The maximum atomic E-state index is 11.7. The first-order valence-electron chi connectivity index (χ1n) is 5.37. The molecule has 1 aliphatic carbocycles. The molecular formula is C13H13BrO2. The number of aliphatic hydroxyl groups excluding tert-OH is 1. The predicted octanol–water partition coefficient (Wildman–Crippen LogP) is 3.64. The van der Waals surface area contributed by atoms with E-state index in [4.69, 9.17) is 0 Å². The summed E-state index contributed by atoms with van der Waals surface area (Å²) in [5.41, 5.74) is 2.49. The van der Waals surface area contributed by atoms with E-state index in [1.807, 2.05) is 25.1 Å². The molecule has 0 bridgehead atoms. The highest BCUT2D eigenvalue weighted by Crippen LogP contribution is 2.32. The van der Waals surface area contributed by atoms with Crippen LogP contribution in [0.3, 0.4) is 0 Å². The van der Waals surface area contributed by atoms with Gasteiger partial charge in [-0.2, -0.15) is 0 Å². The Labute approximate surface area is 103 Å². The first-order chi connectivity index (χ1) is 7.63. The highest BCUT2D eigenvalue weighted by Gasteiger charge is 2.25. The van der Waals surface area contributed by atoms with E-state index in [1.165, 1.54) is 0 Å². The smallest absolute Gasteiger partial charge is 0.167 e. The molecule has 0 saturated carbocycles. The van der Waals surface area contributed by atoms with E-state index in [-0.39, 0.29) is 11.5 Å². The van der Waals surface area contributed by atoms with Gasteiger partial charge in [-0.1, -0.05) is 28.9 Å². The zero-order valence-corrected chi connectivity index (χ0v) is 10.7. The number of hydrogen-bond acceptors (Lipinski definition) is 2. The predicted molar refractivity (Wildman–Crippen MR) is 67.3 cm³/mol. The summed E-state index contributed by atoms with van der Waals surface area (Å²) >= 11 is 3.41. The summed E-state index contributed by atoms with van der Waals surface area (Å²) in [5, 5.41) is 9.75. The molecule has 0 heterocycles. The second kappa shape index (κ2) is 4.42. The molecule has 3 heteroatoms. The van der Waals surface area contributed by atoms with Crippen LogP contribution in [0.15, 0.2) is 28.4 Å². The van der Waals surface area contributed by atoms with E-state index < -0.39 is 0 Å². The van der Waals surface area contributed by atoms with Crippen molar-refractivity contribution in [1.82, 2.24) is 0 Å². The van der Waals surface area contributed by atoms with Crippen LogP contribution in [0.1, 0.15) is 30.9 Å². The molecule has 1 aliphatic rings. The Hall–Kier alpha value is -1.09. The Morgan fingerprint density at radius 2 is 2.12 bits per heavy atom. The molecule has 1 aromatic carbocycles. The molecule has 84 valence electrons. The number of aryl methyl sites for hydroxylation is 1. The highest BCUT2D eigenvalue weighted by molar-refractivity contribution is 9.10. The van der Waals surface area contributed by atoms with Crippen LogP contribution in [0.25, 0.3) is 5.57 Å². The number of hydrogen-bond donors (Lipinski definition) is 1. The monoisotopic (exact) mass is 280 g/mol. The molecule has 2 rings (SSSR count). The van der Waals surface area contributed by atoms with E-state index in [0.717, 1.165) is 22.0 Å². The van der Waals surface area contributed by atoms with Gasteiger partial charge in [0.25, 0.3) is 0 Å². The second-order valence-electron chi connectivity index (χ2n) is 3.90. The van der Waals surface area contributed by atoms with Crippen LogP contribution in [-0.4, -0.2) is 10.9 Å². The van der Waals surface area contributed by atoms with Crippen molar-refractivity contribution >= 4 is 27.3 Å². The van der Waals surface area contributed by atoms with Crippen LogP contribution in [0.2, 0.25) is 0 Å². The lowest BCUT2D eigenvalue weighted by atomic mass is 9.97. The van der Waals surface area contributed by atoms with Gasteiger partial charge in [-0.3, -0.25) is 4.79 Å². The standard InChI is InChI=1S/C13H13BrO2/c1-2-8-7-9(14)3-4-10(8)13-11(15)5-6-12(13)16/h3-4,7,15H,2,5-6H2,1H3. The lowest BCUT2D eigenvalue weighted by Gasteiger charge is -2.09. The van der Waals surface area contributed by atoms with Crippen LogP contribution < -0.4 is 0 Å². The highest BCUT2D eigenvalue weighted by atomic mass is 79.9. The normalized spacial score (nSPS) is 16.0. The van der Waals surface area contributed by atoms with Crippen molar-refractivity contribution in [2.75, 3.05) is 0 Å². The number of allylic oxidation sites excluding steroid dienone is 2.